The minimum atomic E-state index is 1.20. The Morgan fingerprint density at radius 1 is 1.50 bits per heavy atom. The summed E-state index contributed by atoms with van der Waals surface area (Å²) in [6.07, 6.45) is 1.20. The van der Waals surface area contributed by atoms with E-state index in [1.165, 1.54) is 17.9 Å². The van der Waals surface area contributed by atoms with Gasteiger partial charge in [0.15, 0.2) is 0 Å². The average Bonchev–Trinajstić information content (AvgIpc) is 2.24. The summed E-state index contributed by atoms with van der Waals surface area (Å²) in [5.41, 5.74) is 1.29. The van der Waals surface area contributed by atoms with Crippen LogP contribution in [0.2, 0.25) is 0 Å². The third-order valence-electron chi connectivity index (χ3n) is 0.776. The number of rotatable bonds is 0. The van der Waals surface area contributed by atoms with Crippen molar-refractivity contribution in [3.8, 4) is 0 Å². The number of hydrogen-bond acceptors (Lipinski definition) is 2. The molecule has 1 heterocycles. The fraction of sp³-hybridized carbons (Fsp3) is 0.833. The molecular weight excluding hydrogens is 118 g/mol. The van der Waals surface area contributed by atoms with Gasteiger partial charge in [-0.05, 0) is 25.3 Å². The monoisotopic (exact) mass is 131 g/mol. The highest BCUT2D eigenvalue weighted by molar-refractivity contribution is 7.98. The molecule has 1 rings (SSSR count). The van der Waals surface area contributed by atoms with E-state index in [4.69, 9.17) is 0 Å². The Kier molecular flexibility index (Phi) is 5.18. The van der Waals surface area contributed by atoms with E-state index >= 15 is 0 Å². The van der Waals surface area contributed by atoms with Gasteiger partial charge < -0.3 is 0 Å². The first-order chi connectivity index (χ1) is 3.89. The van der Waals surface area contributed by atoms with Crippen LogP contribution in [0.25, 0.3) is 0 Å². The van der Waals surface area contributed by atoms with E-state index in [0.717, 1.165) is 0 Å². The topological polar surface area (TPSA) is 12.4 Å². The third kappa shape index (κ3) is 3.08. The lowest BCUT2D eigenvalue weighted by molar-refractivity contribution is 1.33. The third-order valence-corrected chi connectivity index (χ3v) is 1.60. The summed E-state index contributed by atoms with van der Waals surface area (Å²) in [5.74, 6) is 1.20. The zero-order valence-electron chi connectivity index (χ0n) is 5.77. The maximum absolute atomic E-state index is 4.07. The number of hydrogen-bond donors (Lipinski definition) is 0. The molecule has 1 aliphatic heterocycles. The normalized spacial score (nSPS) is 16.6. The van der Waals surface area contributed by atoms with Gasteiger partial charge in [-0.15, -0.1) is 0 Å². The predicted molar refractivity (Wildman–Crippen MR) is 41.5 cm³/mol. The van der Waals surface area contributed by atoms with Gasteiger partial charge in [-0.3, -0.25) is 0 Å². The first-order valence-corrected chi connectivity index (χ1v) is 3.99. The Balaban J connectivity index is 0.000000222. The predicted octanol–water partition coefficient (Wildman–Crippen LogP) is 2.53. The number of nitrogens with zero attached hydrogens (tertiary/aromatic N) is 1. The summed E-state index contributed by atoms with van der Waals surface area (Å²) in [4.78, 5) is 0. The van der Waals surface area contributed by atoms with E-state index < -0.39 is 0 Å². The Labute approximate surface area is 55.7 Å². The minimum absolute atomic E-state index is 1.20. The second-order valence-corrected chi connectivity index (χ2v) is 2.26. The maximum atomic E-state index is 4.07. The van der Waals surface area contributed by atoms with Crippen LogP contribution in [-0.2, 0) is 0 Å². The van der Waals surface area contributed by atoms with Crippen molar-refractivity contribution in [2.24, 2.45) is 4.40 Å². The summed E-state index contributed by atoms with van der Waals surface area (Å²) < 4.78 is 4.07. The lowest BCUT2D eigenvalue weighted by atomic mass is 10.3. The summed E-state index contributed by atoms with van der Waals surface area (Å²) in [5, 5.41) is 0. The fourth-order valence-electron chi connectivity index (χ4n) is 0.395. The highest BCUT2D eigenvalue weighted by atomic mass is 32.2. The van der Waals surface area contributed by atoms with E-state index in [9.17, 15) is 0 Å². The highest BCUT2D eigenvalue weighted by Gasteiger charge is 1.97. The molecule has 0 saturated carbocycles. The summed E-state index contributed by atoms with van der Waals surface area (Å²) in [7, 11) is 0. The second-order valence-electron chi connectivity index (χ2n) is 1.41. The van der Waals surface area contributed by atoms with Gasteiger partial charge in [0.05, 0.1) is 0 Å². The lowest BCUT2D eigenvalue weighted by Gasteiger charge is -1.74. The van der Waals surface area contributed by atoms with Crippen LogP contribution in [0, 0.1) is 0 Å². The van der Waals surface area contributed by atoms with E-state index in [0.29, 0.717) is 0 Å². The smallest absolute Gasteiger partial charge is 0.0240 e. The molecule has 0 aromatic rings. The van der Waals surface area contributed by atoms with Crippen molar-refractivity contribution >= 4 is 17.7 Å². The van der Waals surface area contributed by atoms with Crippen molar-refractivity contribution in [3.63, 3.8) is 0 Å². The van der Waals surface area contributed by atoms with Crippen molar-refractivity contribution in [2.75, 3.05) is 5.75 Å². The zero-order valence-corrected chi connectivity index (χ0v) is 6.59. The van der Waals surface area contributed by atoms with Crippen LogP contribution >= 0.6 is 11.9 Å². The first kappa shape index (κ1) is 8.02. The zero-order chi connectivity index (χ0) is 6.41. The van der Waals surface area contributed by atoms with Gasteiger partial charge in [-0.1, -0.05) is 13.8 Å². The Morgan fingerprint density at radius 3 is 2.25 bits per heavy atom. The van der Waals surface area contributed by atoms with Gasteiger partial charge in [0.1, 0.15) is 0 Å². The van der Waals surface area contributed by atoms with Crippen LogP contribution in [0.4, 0.5) is 0 Å². The molecule has 0 saturated heterocycles. The van der Waals surface area contributed by atoms with Crippen molar-refractivity contribution in [1.29, 1.82) is 0 Å². The molecule has 0 bridgehead atoms. The fourth-order valence-corrected chi connectivity index (χ4v) is 1.18. The van der Waals surface area contributed by atoms with Gasteiger partial charge in [-0.2, -0.15) is 0 Å². The van der Waals surface area contributed by atoms with Crippen molar-refractivity contribution < 1.29 is 0 Å². The molecule has 2 heteroatoms. The standard InChI is InChI=1S/C4H7NS.C2H6/c1-4-2-3-6-5-4;1-2/h2-3H2,1H3;1-2H3. The van der Waals surface area contributed by atoms with Crippen LogP contribution in [0.1, 0.15) is 27.2 Å². The molecule has 8 heavy (non-hydrogen) atoms. The Hall–Kier alpha value is 0.0200. The van der Waals surface area contributed by atoms with Crippen molar-refractivity contribution in [2.45, 2.75) is 27.2 Å². The Morgan fingerprint density at radius 2 is 2.12 bits per heavy atom. The van der Waals surface area contributed by atoms with Gasteiger partial charge in [0, 0.05) is 11.5 Å². The molecule has 0 aliphatic carbocycles. The summed E-state index contributed by atoms with van der Waals surface area (Å²) >= 11 is 1.67. The molecule has 0 amide bonds. The summed E-state index contributed by atoms with van der Waals surface area (Å²) in [6, 6.07) is 0. The molecule has 0 radical (unpaired) electrons. The molecule has 48 valence electrons. The van der Waals surface area contributed by atoms with Gasteiger partial charge >= 0.3 is 0 Å². The molecule has 1 nitrogen and oxygen atoms in total. The minimum Gasteiger partial charge on any atom is -0.226 e. The van der Waals surface area contributed by atoms with E-state index in [1.807, 2.05) is 13.8 Å². The van der Waals surface area contributed by atoms with Crippen LogP contribution in [0.15, 0.2) is 4.40 Å². The average molecular weight is 131 g/mol. The molecule has 0 unspecified atom stereocenters. The quantitative estimate of drug-likeness (QED) is 0.460. The summed E-state index contributed by atoms with van der Waals surface area (Å²) in [6.45, 7) is 6.07. The largest absolute Gasteiger partial charge is 0.226 e. The second kappa shape index (κ2) is 5.16. The van der Waals surface area contributed by atoms with Crippen LogP contribution in [-0.4, -0.2) is 11.5 Å². The molecule has 0 spiro atoms. The molecule has 0 fully saturated rings. The molecule has 0 N–H and O–H groups in total. The van der Waals surface area contributed by atoms with E-state index in [2.05, 4.69) is 11.3 Å². The maximum Gasteiger partial charge on any atom is 0.0240 e. The van der Waals surface area contributed by atoms with Crippen LogP contribution in [0.3, 0.4) is 0 Å². The SMILES string of the molecule is CC.CC1=NSCC1. The van der Waals surface area contributed by atoms with Gasteiger partial charge in [0.25, 0.3) is 0 Å². The van der Waals surface area contributed by atoms with Crippen LogP contribution < -0.4 is 0 Å². The van der Waals surface area contributed by atoms with E-state index in [1.54, 1.807) is 11.9 Å². The van der Waals surface area contributed by atoms with Crippen molar-refractivity contribution in [3.05, 3.63) is 0 Å². The molecule has 0 aromatic carbocycles. The molecule has 0 aromatic heterocycles. The first-order valence-electron chi connectivity index (χ1n) is 3.05. The molecule has 1 aliphatic rings. The molecule has 0 atom stereocenters. The molecular formula is C6H13NS. The van der Waals surface area contributed by atoms with Gasteiger partial charge in [-0.25, -0.2) is 4.40 Å². The highest BCUT2D eigenvalue weighted by Crippen LogP contribution is 2.13. The Bertz CT molecular complexity index is 78.6. The van der Waals surface area contributed by atoms with E-state index in [-0.39, 0.29) is 0 Å². The lowest BCUT2D eigenvalue weighted by Crippen LogP contribution is -1.81. The van der Waals surface area contributed by atoms with Crippen LogP contribution in [0.5, 0.6) is 0 Å². The van der Waals surface area contributed by atoms with Crippen molar-refractivity contribution in [1.82, 2.24) is 0 Å². The van der Waals surface area contributed by atoms with Gasteiger partial charge in [0.2, 0.25) is 0 Å².